The standard InChI is InChI=1S/C21H21F3N2O2/c22-16-4-1-14(2-5-16)19-21(7-9-25(10-8-21)20(27)28)13-26(19)12-15-3-6-17(23)11-18(15)24/h1-6,11,19H,7-10,12-13H2,(H,27,28). The molecular weight excluding hydrogens is 369 g/mol. The molecule has 2 aromatic rings. The monoisotopic (exact) mass is 390 g/mol. The third kappa shape index (κ3) is 3.35. The first-order valence-corrected chi connectivity index (χ1v) is 9.29. The van der Waals surface area contributed by atoms with Crippen LogP contribution in [0.15, 0.2) is 42.5 Å². The van der Waals surface area contributed by atoms with Crippen LogP contribution in [0.5, 0.6) is 0 Å². The SMILES string of the molecule is O=C(O)N1CCC2(CC1)CN(Cc1ccc(F)cc1F)C2c1ccc(F)cc1. The predicted molar refractivity (Wildman–Crippen MR) is 97.2 cm³/mol. The lowest BCUT2D eigenvalue weighted by molar-refractivity contribution is -0.114. The second kappa shape index (κ2) is 7.13. The zero-order valence-electron chi connectivity index (χ0n) is 15.2. The van der Waals surface area contributed by atoms with E-state index in [2.05, 4.69) is 4.90 Å². The van der Waals surface area contributed by atoms with Gasteiger partial charge >= 0.3 is 6.09 Å². The van der Waals surface area contributed by atoms with Gasteiger partial charge in [0, 0.05) is 49.3 Å². The van der Waals surface area contributed by atoms with Crippen LogP contribution in [0.25, 0.3) is 0 Å². The largest absolute Gasteiger partial charge is 0.465 e. The highest BCUT2D eigenvalue weighted by Gasteiger charge is 2.54. The van der Waals surface area contributed by atoms with Gasteiger partial charge in [-0.15, -0.1) is 0 Å². The molecule has 0 aromatic heterocycles. The topological polar surface area (TPSA) is 43.8 Å². The van der Waals surface area contributed by atoms with Crippen molar-refractivity contribution in [1.82, 2.24) is 9.80 Å². The van der Waals surface area contributed by atoms with Crippen LogP contribution in [0.2, 0.25) is 0 Å². The summed E-state index contributed by atoms with van der Waals surface area (Å²) < 4.78 is 40.8. The molecular formula is C21H21F3N2O2. The minimum Gasteiger partial charge on any atom is -0.465 e. The average Bonchev–Trinajstić information content (AvgIpc) is 2.65. The molecule has 28 heavy (non-hydrogen) atoms. The molecule has 2 fully saturated rings. The van der Waals surface area contributed by atoms with Gasteiger partial charge in [0.2, 0.25) is 0 Å². The third-order valence-electron chi connectivity index (χ3n) is 6.07. The van der Waals surface area contributed by atoms with Crippen molar-refractivity contribution >= 4 is 6.09 Å². The summed E-state index contributed by atoms with van der Waals surface area (Å²) in [5.74, 6) is -1.52. The first kappa shape index (κ1) is 18.8. The van der Waals surface area contributed by atoms with Crippen LogP contribution < -0.4 is 0 Å². The summed E-state index contributed by atoms with van der Waals surface area (Å²) in [5.41, 5.74) is 1.21. The lowest BCUT2D eigenvalue weighted by Gasteiger charge is -2.60. The molecule has 7 heteroatoms. The molecule has 1 spiro atoms. The number of carbonyl (C=O) groups is 1. The van der Waals surface area contributed by atoms with E-state index in [1.807, 2.05) is 0 Å². The van der Waals surface area contributed by atoms with Crippen molar-refractivity contribution in [3.05, 3.63) is 71.0 Å². The van der Waals surface area contributed by atoms with Gasteiger partial charge in [0.25, 0.3) is 0 Å². The molecule has 1 unspecified atom stereocenters. The quantitative estimate of drug-likeness (QED) is 0.844. The summed E-state index contributed by atoms with van der Waals surface area (Å²) in [5, 5.41) is 9.21. The predicted octanol–water partition coefficient (Wildman–Crippen LogP) is 4.42. The number of carboxylic acid groups (broad SMARTS) is 1. The van der Waals surface area contributed by atoms with Gasteiger partial charge in [0.05, 0.1) is 0 Å². The highest BCUT2D eigenvalue weighted by molar-refractivity contribution is 5.65. The maximum absolute atomic E-state index is 14.1. The van der Waals surface area contributed by atoms with Gasteiger partial charge < -0.3 is 10.0 Å². The Labute approximate surface area is 161 Å². The summed E-state index contributed by atoms with van der Waals surface area (Å²) in [4.78, 5) is 14.7. The summed E-state index contributed by atoms with van der Waals surface area (Å²) in [6.07, 6.45) is 0.478. The number of hydrogen-bond donors (Lipinski definition) is 1. The van der Waals surface area contributed by atoms with Crippen molar-refractivity contribution < 1.29 is 23.1 Å². The second-order valence-corrected chi connectivity index (χ2v) is 7.73. The van der Waals surface area contributed by atoms with Crippen molar-refractivity contribution in [1.29, 1.82) is 0 Å². The molecule has 2 aliphatic rings. The van der Waals surface area contributed by atoms with Crippen molar-refractivity contribution in [2.24, 2.45) is 5.41 Å². The molecule has 1 amide bonds. The summed E-state index contributed by atoms with van der Waals surface area (Å²) in [7, 11) is 0. The molecule has 148 valence electrons. The summed E-state index contributed by atoms with van der Waals surface area (Å²) in [6.45, 7) is 1.91. The van der Waals surface area contributed by atoms with Crippen molar-refractivity contribution in [3.63, 3.8) is 0 Å². The number of nitrogens with zero attached hydrogens (tertiary/aromatic N) is 2. The maximum Gasteiger partial charge on any atom is 0.407 e. The van der Waals surface area contributed by atoms with Gasteiger partial charge in [-0.25, -0.2) is 18.0 Å². The highest BCUT2D eigenvalue weighted by atomic mass is 19.1. The van der Waals surface area contributed by atoms with Crippen LogP contribution in [-0.2, 0) is 6.54 Å². The normalized spacial score (nSPS) is 21.5. The van der Waals surface area contributed by atoms with Gasteiger partial charge in [0.1, 0.15) is 17.5 Å². The molecule has 2 heterocycles. The Kier molecular flexibility index (Phi) is 4.79. The fraction of sp³-hybridized carbons (Fsp3) is 0.381. The number of piperidine rings is 1. The van der Waals surface area contributed by atoms with E-state index in [4.69, 9.17) is 0 Å². The van der Waals surface area contributed by atoms with Crippen LogP contribution in [0.4, 0.5) is 18.0 Å². The van der Waals surface area contributed by atoms with Crippen LogP contribution in [0.3, 0.4) is 0 Å². The van der Waals surface area contributed by atoms with Gasteiger partial charge in [-0.2, -0.15) is 0 Å². The molecule has 1 atom stereocenters. The lowest BCUT2D eigenvalue weighted by Crippen LogP contribution is -2.62. The van der Waals surface area contributed by atoms with Crippen molar-refractivity contribution in [2.45, 2.75) is 25.4 Å². The molecule has 0 aliphatic carbocycles. The Morgan fingerprint density at radius 1 is 1.04 bits per heavy atom. The molecule has 1 N–H and O–H groups in total. The lowest BCUT2D eigenvalue weighted by atomic mass is 9.63. The second-order valence-electron chi connectivity index (χ2n) is 7.73. The Balaban J connectivity index is 1.59. The van der Waals surface area contributed by atoms with E-state index in [0.717, 1.165) is 11.6 Å². The Bertz CT molecular complexity index is 880. The van der Waals surface area contributed by atoms with Gasteiger partial charge in [0.15, 0.2) is 0 Å². The van der Waals surface area contributed by atoms with Crippen LogP contribution in [0, 0.1) is 22.9 Å². The van der Waals surface area contributed by atoms with Crippen LogP contribution in [0.1, 0.15) is 30.0 Å². The van der Waals surface area contributed by atoms with E-state index in [1.54, 1.807) is 12.1 Å². The van der Waals surface area contributed by atoms with Gasteiger partial charge in [-0.3, -0.25) is 4.90 Å². The smallest absolute Gasteiger partial charge is 0.407 e. The number of hydrogen-bond acceptors (Lipinski definition) is 2. The molecule has 4 nitrogen and oxygen atoms in total. The number of rotatable bonds is 3. The van der Waals surface area contributed by atoms with Crippen LogP contribution >= 0.6 is 0 Å². The van der Waals surface area contributed by atoms with Crippen molar-refractivity contribution in [2.75, 3.05) is 19.6 Å². The van der Waals surface area contributed by atoms with Gasteiger partial charge in [-0.1, -0.05) is 18.2 Å². The van der Waals surface area contributed by atoms with E-state index >= 15 is 0 Å². The Morgan fingerprint density at radius 2 is 1.68 bits per heavy atom. The van der Waals surface area contributed by atoms with Crippen LogP contribution in [-0.4, -0.2) is 40.6 Å². The number of halogens is 3. The highest BCUT2D eigenvalue weighted by Crippen LogP contribution is 2.55. The summed E-state index contributed by atoms with van der Waals surface area (Å²) in [6, 6.07) is 9.79. The van der Waals surface area contributed by atoms with Gasteiger partial charge in [-0.05, 0) is 36.6 Å². The molecule has 4 rings (SSSR count). The minimum absolute atomic E-state index is 0.0616. The molecule has 0 bridgehead atoms. The fourth-order valence-electron chi connectivity index (χ4n) is 4.66. The third-order valence-corrected chi connectivity index (χ3v) is 6.07. The average molecular weight is 390 g/mol. The zero-order valence-corrected chi connectivity index (χ0v) is 15.2. The van der Waals surface area contributed by atoms with E-state index in [-0.39, 0.29) is 17.3 Å². The minimum atomic E-state index is -0.919. The number of likely N-dealkylation sites (tertiary alicyclic amines) is 2. The zero-order chi connectivity index (χ0) is 19.9. The molecule has 2 saturated heterocycles. The summed E-state index contributed by atoms with van der Waals surface area (Å²) >= 11 is 0. The van der Waals surface area contributed by atoms with E-state index < -0.39 is 17.7 Å². The number of amides is 1. The fourth-order valence-corrected chi connectivity index (χ4v) is 4.66. The number of benzene rings is 2. The molecule has 2 aromatic carbocycles. The van der Waals surface area contributed by atoms with E-state index in [0.29, 0.717) is 44.6 Å². The molecule has 0 radical (unpaired) electrons. The maximum atomic E-state index is 14.1. The van der Waals surface area contributed by atoms with E-state index in [1.165, 1.54) is 29.2 Å². The molecule has 0 saturated carbocycles. The Morgan fingerprint density at radius 3 is 2.29 bits per heavy atom. The van der Waals surface area contributed by atoms with Crippen molar-refractivity contribution in [3.8, 4) is 0 Å². The first-order chi connectivity index (χ1) is 13.4. The van der Waals surface area contributed by atoms with E-state index in [9.17, 15) is 23.1 Å². The Hall–Kier alpha value is -2.54. The first-order valence-electron chi connectivity index (χ1n) is 9.29. The molecule has 2 aliphatic heterocycles.